The summed E-state index contributed by atoms with van der Waals surface area (Å²) in [5, 5.41) is 0. The fourth-order valence-corrected chi connectivity index (χ4v) is 3.10. The van der Waals surface area contributed by atoms with Gasteiger partial charge in [0.25, 0.3) is 5.91 Å². The fourth-order valence-electron chi connectivity index (χ4n) is 3.10. The molecule has 5 heteroatoms. The third-order valence-electron chi connectivity index (χ3n) is 4.75. The number of aryl methyl sites for hydroxylation is 1. The molecule has 2 aromatic rings. The Balaban J connectivity index is 1.57. The SMILES string of the molecule is COc1cc(C(=O)N2CCN(C(=O)/C=C/c3ccccc3)CC2)ccc1C. The molecule has 1 saturated heterocycles. The van der Waals surface area contributed by atoms with Crippen molar-refractivity contribution in [3.05, 3.63) is 71.3 Å². The van der Waals surface area contributed by atoms with Crippen molar-refractivity contribution < 1.29 is 14.3 Å². The summed E-state index contributed by atoms with van der Waals surface area (Å²) in [4.78, 5) is 28.6. The van der Waals surface area contributed by atoms with Crippen LogP contribution in [0.2, 0.25) is 0 Å². The first-order valence-corrected chi connectivity index (χ1v) is 9.04. The molecule has 0 unspecified atom stereocenters. The van der Waals surface area contributed by atoms with Gasteiger partial charge in [0, 0.05) is 37.8 Å². The van der Waals surface area contributed by atoms with Gasteiger partial charge in [0.1, 0.15) is 5.75 Å². The standard InChI is InChI=1S/C22H24N2O3/c1-17-8-10-19(16-20(17)27-2)22(26)24-14-12-23(13-15-24)21(25)11-9-18-6-4-3-5-7-18/h3-11,16H,12-15H2,1-2H3/b11-9+. The molecule has 140 valence electrons. The quantitative estimate of drug-likeness (QED) is 0.784. The summed E-state index contributed by atoms with van der Waals surface area (Å²) in [7, 11) is 1.60. The lowest BCUT2D eigenvalue weighted by Crippen LogP contribution is -2.50. The van der Waals surface area contributed by atoms with Gasteiger partial charge in [0.15, 0.2) is 0 Å². The Bertz CT molecular complexity index is 838. The third-order valence-corrected chi connectivity index (χ3v) is 4.75. The first kappa shape index (κ1) is 18.7. The maximum absolute atomic E-state index is 12.7. The van der Waals surface area contributed by atoms with Gasteiger partial charge in [-0.25, -0.2) is 0 Å². The number of piperazine rings is 1. The van der Waals surface area contributed by atoms with Crippen LogP contribution in [0.15, 0.2) is 54.6 Å². The van der Waals surface area contributed by atoms with Crippen LogP contribution in [0.25, 0.3) is 6.08 Å². The van der Waals surface area contributed by atoms with Crippen LogP contribution >= 0.6 is 0 Å². The van der Waals surface area contributed by atoms with Gasteiger partial charge in [0.2, 0.25) is 5.91 Å². The molecule has 1 aliphatic rings. The molecule has 1 aliphatic heterocycles. The van der Waals surface area contributed by atoms with E-state index < -0.39 is 0 Å². The lowest BCUT2D eigenvalue weighted by atomic mass is 10.1. The Kier molecular flexibility index (Phi) is 5.91. The molecule has 0 bridgehead atoms. The number of carbonyl (C=O) groups is 2. The molecule has 2 aromatic carbocycles. The van der Waals surface area contributed by atoms with Crippen LogP contribution in [0.4, 0.5) is 0 Å². The van der Waals surface area contributed by atoms with E-state index in [-0.39, 0.29) is 11.8 Å². The van der Waals surface area contributed by atoms with Crippen molar-refractivity contribution in [2.75, 3.05) is 33.3 Å². The van der Waals surface area contributed by atoms with E-state index in [0.29, 0.717) is 37.5 Å². The van der Waals surface area contributed by atoms with Gasteiger partial charge in [-0.2, -0.15) is 0 Å². The largest absolute Gasteiger partial charge is 0.496 e. The minimum absolute atomic E-state index is 0.0250. The average molecular weight is 364 g/mol. The van der Waals surface area contributed by atoms with Crippen molar-refractivity contribution in [3.8, 4) is 5.75 Å². The Hall–Kier alpha value is -3.08. The Morgan fingerprint density at radius 1 is 0.963 bits per heavy atom. The maximum atomic E-state index is 12.7. The van der Waals surface area contributed by atoms with Crippen molar-refractivity contribution in [1.29, 1.82) is 0 Å². The zero-order valence-corrected chi connectivity index (χ0v) is 15.7. The highest BCUT2D eigenvalue weighted by Gasteiger charge is 2.24. The summed E-state index contributed by atoms with van der Waals surface area (Å²) in [5.41, 5.74) is 2.60. The molecule has 5 nitrogen and oxygen atoms in total. The zero-order chi connectivity index (χ0) is 19.2. The summed E-state index contributed by atoms with van der Waals surface area (Å²) in [6.07, 6.45) is 3.41. The average Bonchev–Trinajstić information content (AvgIpc) is 2.72. The summed E-state index contributed by atoms with van der Waals surface area (Å²) in [5.74, 6) is 0.656. The Labute approximate surface area is 159 Å². The van der Waals surface area contributed by atoms with Crippen molar-refractivity contribution in [3.63, 3.8) is 0 Å². The van der Waals surface area contributed by atoms with Gasteiger partial charge in [-0.1, -0.05) is 36.4 Å². The summed E-state index contributed by atoms with van der Waals surface area (Å²) < 4.78 is 5.30. The molecule has 1 fully saturated rings. The van der Waals surface area contributed by atoms with Gasteiger partial charge in [-0.15, -0.1) is 0 Å². The molecule has 3 rings (SSSR count). The third kappa shape index (κ3) is 4.56. The van der Waals surface area contributed by atoms with Crippen LogP contribution in [-0.2, 0) is 4.79 Å². The molecule has 2 amide bonds. The minimum atomic E-state index is -0.0276. The van der Waals surface area contributed by atoms with Crippen molar-refractivity contribution in [1.82, 2.24) is 9.80 Å². The zero-order valence-electron chi connectivity index (χ0n) is 15.7. The van der Waals surface area contributed by atoms with Gasteiger partial charge < -0.3 is 14.5 Å². The van der Waals surface area contributed by atoms with Gasteiger partial charge in [-0.3, -0.25) is 9.59 Å². The van der Waals surface area contributed by atoms with Crippen molar-refractivity contribution in [2.45, 2.75) is 6.92 Å². The lowest BCUT2D eigenvalue weighted by Gasteiger charge is -2.34. The number of carbonyl (C=O) groups excluding carboxylic acids is 2. The van der Waals surface area contributed by atoms with E-state index >= 15 is 0 Å². The normalized spacial score (nSPS) is 14.4. The molecule has 27 heavy (non-hydrogen) atoms. The molecule has 0 aromatic heterocycles. The van der Waals surface area contributed by atoms with E-state index in [4.69, 9.17) is 4.74 Å². The molecular formula is C22H24N2O3. The Morgan fingerprint density at radius 3 is 2.30 bits per heavy atom. The summed E-state index contributed by atoms with van der Waals surface area (Å²) in [6, 6.07) is 15.2. The van der Waals surface area contributed by atoms with Crippen molar-refractivity contribution in [2.24, 2.45) is 0 Å². The number of methoxy groups -OCH3 is 1. The minimum Gasteiger partial charge on any atom is -0.496 e. The summed E-state index contributed by atoms with van der Waals surface area (Å²) >= 11 is 0. The molecule has 0 spiro atoms. The van der Waals surface area contributed by atoms with Crippen LogP contribution in [0.3, 0.4) is 0 Å². The number of nitrogens with zero attached hydrogens (tertiary/aromatic N) is 2. The number of hydrogen-bond acceptors (Lipinski definition) is 3. The van der Waals surface area contributed by atoms with E-state index in [9.17, 15) is 9.59 Å². The molecule has 0 saturated carbocycles. The van der Waals surface area contributed by atoms with Crippen LogP contribution in [0.1, 0.15) is 21.5 Å². The lowest BCUT2D eigenvalue weighted by molar-refractivity contribution is -0.127. The predicted octanol–water partition coefficient (Wildman–Crippen LogP) is 3.00. The highest BCUT2D eigenvalue weighted by atomic mass is 16.5. The molecule has 0 radical (unpaired) electrons. The van der Waals surface area contributed by atoms with Gasteiger partial charge in [0.05, 0.1) is 7.11 Å². The number of benzene rings is 2. The molecule has 1 heterocycles. The van der Waals surface area contributed by atoms with Crippen LogP contribution in [0.5, 0.6) is 5.75 Å². The topological polar surface area (TPSA) is 49.9 Å². The smallest absolute Gasteiger partial charge is 0.254 e. The predicted molar refractivity (Wildman–Crippen MR) is 106 cm³/mol. The highest BCUT2D eigenvalue weighted by Crippen LogP contribution is 2.20. The van der Waals surface area contributed by atoms with Crippen LogP contribution in [0, 0.1) is 6.92 Å². The van der Waals surface area contributed by atoms with Crippen LogP contribution < -0.4 is 4.74 Å². The fraction of sp³-hybridized carbons (Fsp3) is 0.273. The molecule has 0 atom stereocenters. The number of hydrogen-bond donors (Lipinski definition) is 0. The second kappa shape index (κ2) is 8.54. The van der Waals surface area contributed by atoms with Crippen molar-refractivity contribution >= 4 is 17.9 Å². The van der Waals surface area contributed by atoms with Gasteiger partial charge >= 0.3 is 0 Å². The molecule has 0 N–H and O–H groups in total. The van der Waals surface area contributed by atoms with E-state index in [1.54, 1.807) is 29.1 Å². The maximum Gasteiger partial charge on any atom is 0.254 e. The van der Waals surface area contributed by atoms with E-state index in [2.05, 4.69) is 0 Å². The van der Waals surface area contributed by atoms with Gasteiger partial charge in [-0.05, 0) is 36.3 Å². The second-order valence-corrected chi connectivity index (χ2v) is 6.55. The monoisotopic (exact) mass is 364 g/mol. The van der Waals surface area contributed by atoms with E-state index in [1.807, 2.05) is 55.5 Å². The van der Waals surface area contributed by atoms with Crippen LogP contribution in [-0.4, -0.2) is 54.9 Å². The van der Waals surface area contributed by atoms with E-state index in [1.165, 1.54) is 0 Å². The first-order chi connectivity index (χ1) is 13.1. The summed E-state index contributed by atoms with van der Waals surface area (Å²) in [6.45, 7) is 4.07. The first-order valence-electron chi connectivity index (χ1n) is 9.04. The second-order valence-electron chi connectivity index (χ2n) is 6.55. The highest BCUT2D eigenvalue weighted by molar-refractivity contribution is 5.95. The molecule has 0 aliphatic carbocycles. The Morgan fingerprint density at radius 2 is 1.63 bits per heavy atom. The number of ether oxygens (including phenoxy) is 1. The molecular weight excluding hydrogens is 340 g/mol. The van der Waals surface area contributed by atoms with E-state index in [0.717, 1.165) is 11.1 Å². The number of rotatable bonds is 4. The number of amides is 2.